The van der Waals surface area contributed by atoms with E-state index in [0.717, 1.165) is 33.4 Å². The zero-order valence-electron chi connectivity index (χ0n) is 20.1. The van der Waals surface area contributed by atoms with Crippen LogP contribution in [0.4, 0.5) is 0 Å². The summed E-state index contributed by atoms with van der Waals surface area (Å²) < 4.78 is 18.2. The second kappa shape index (κ2) is 13.2. The minimum Gasteiger partial charge on any atom is -0.376 e. The van der Waals surface area contributed by atoms with E-state index in [2.05, 4.69) is 24.7 Å². The van der Waals surface area contributed by atoms with E-state index >= 15 is 0 Å². The fourth-order valence-corrected chi connectivity index (χ4v) is 3.46. The molecule has 0 heterocycles. The lowest BCUT2D eigenvalue weighted by Gasteiger charge is -2.29. The Morgan fingerprint density at radius 1 is 0.514 bits per heavy atom. The molecule has 3 heteroatoms. The van der Waals surface area contributed by atoms with Gasteiger partial charge in [0, 0.05) is 22.1 Å². The zero-order valence-corrected chi connectivity index (χ0v) is 20.1. The van der Waals surface area contributed by atoms with E-state index in [-0.39, 0.29) is 5.41 Å². The van der Waals surface area contributed by atoms with Gasteiger partial charge in [-0.15, -0.1) is 19.3 Å². The highest BCUT2D eigenvalue weighted by molar-refractivity contribution is 5.35. The third-order valence-electron chi connectivity index (χ3n) is 5.52. The topological polar surface area (TPSA) is 27.7 Å². The number of rotatable bonds is 12. The minimum atomic E-state index is -0.337. The SMILES string of the molecule is C#Cc1ccc(COCC(C)(COCc2ccc(C#C)cc2)COCc2ccc(C#C)cc2)cc1. The van der Waals surface area contributed by atoms with E-state index in [0.29, 0.717) is 39.6 Å². The predicted molar refractivity (Wildman–Crippen MR) is 140 cm³/mol. The highest BCUT2D eigenvalue weighted by Gasteiger charge is 2.26. The maximum Gasteiger partial charge on any atom is 0.0717 e. The molecule has 0 aliphatic heterocycles. The van der Waals surface area contributed by atoms with Crippen molar-refractivity contribution < 1.29 is 14.2 Å². The first-order valence-corrected chi connectivity index (χ1v) is 11.4. The number of ether oxygens (including phenoxy) is 3. The number of hydrogen-bond donors (Lipinski definition) is 0. The first-order valence-electron chi connectivity index (χ1n) is 11.4. The lowest BCUT2D eigenvalue weighted by Crippen LogP contribution is -2.34. The molecule has 0 fully saturated rings. The van der Waals surface area contributed by atoms with Crippen LogP contribution in [0.5, 0.6) is 0 Å². The Labute approximate surface area is 209 Å². The first-order chi connectivity index (χ1) is 17.0. The molecule has 0 spiro atoms. The molecule has 0 bridgehead atoms. The van der Waals surface area contributed by atoms with Gasteiger partial charge in [0.1, 0.15) is 0 Å². The Kier molecular flexibility index (Phi) is 9.74. The van der Waals surface area contributed by atoms with Crippen LogP contribution in [0.3, 0.4) is 0 Å². The molecule has 0 atom stereocenters. The van der Waals surface area contributed by atoms with Crippen molar-refractivity contribution in [2.75, 3.05) is 19.8 Å². The molecule has 0 aliphatic rings. The average Bonchev–Trinajstić information content (AvgIpc) is 2.90. The van der Waals surface area contributed by atoms with Crippen LogP contribution in [0.25, 0.3) is 0 Å². The van der Waals surface area contributed by atoms with Gasteiger partial charge in [-0.2, -0.15) is 0 Å². The summed E-state index contributed by atoms with van der Waals surface area (Å²) in [5.41, 5.74) is 5.42. The monoisotopic (exact) mass is 462 g/mol. The van der Waals surface area contributed by atoms with Gasteiger partial charge >= 0.3 is 0 Å². The van der Waals surface area contributed by atoms with Gasteiger partial charge in [-0.1, -0.05) is 61.1 Å². The normalized spacial score (nSPS) is 10.8. The Morgan fingerprint density at radius 3 is 1.00 bits per heavy atom. The van der Waals surface area contributed by atoms with Crippen LogP contribution in [-0.4, -0.2) is 19.8 Å². The van der Waals surface area contributed by atoms with E-state index in [4.69, 9.17) is 33.5 Å². The van der Waals surface area contributed by atoms with E-state index in [1.165, 1.54) is 0 Å². The van der Waals surface area contributed by atoms with Crippen LogP contribution >= 0.6 is 0 Å². The zero-order chi connectivity index (χ0) is 24.9. The van der Waals surface area contributed by atoms with E-state index < -0.39 is 0 Å². The van der Waals surface area contributed by atoms with Gasteiger partial charge in [-0.25, -0.2) is 0 Å². The van der Waals surface area contributed by atoms with Gasteiger partial charge in [-0.3, -0.25) is 0 Å². The second-order valence-corrected chi connectivity index (χ2v) is 8.81. The van der Waals surface area contributed by atoms with Crippen molar-refractivity contribution >= 4 is 0 Å². The van der Waals surface area contributed by atoms with Gasteiger partial charge < -0.3 is 14.2 Å². The van der Waals surface area contributed by atoms with E-state index in [9.17, 15) is 0 Å². The molecule has 0 amide bonds. The van der Waals surface area contributed by atoms with Crippen molar-refractivity contribution in [3.63, 3.8) is 0 Å². The lowest BCUT2D eigenvalue weighted by molar-refractivity contribution is -0.0706. The Balaban J connectivity index is 1.56. The molecular formula is C32H30O3. The molecular weight excluding hydrogens is 432 g/mol. The fraction of sp³-hybridized carbons (Fsp3) is 0.250. The summed E-state index contributed by atoms with van der Waals surface area (Å²) in [6.45, 7) is 5.02. The van der Waals surface area contributed by atoms with Gasteiger partial charge in [-0.05, 0) is 53.1 Å². The van der Waals surface area contributed by atoms with E-state index in [1.54, 1.807) is 0 Å². The van der Waals surface area contributed by atoms with Crippen molar-refractivity contribution in [2.45, 2.75) is 26.7 Å². The molecule has 3 nitrogen and oxygen atoms in total. The molecule has 0 N–H and O–H groups in total. The van der Waals surface area contributed by atoms with Crippen molar-refractivity contribution in [3.05, 3.63) is 106 Å². The van der Waals surface area contributed by atoms with Crippen LogP contribution in [-0.2, 0) is 34.0 Å². The first kappa shape index (κ1) is 25.8. The number of terminal acetylenes is 3. The Bertz CT molecular complexity index is 1030. The Morgan fingerprint density at radius 2 is 0.771 bits per heavy atom. The molecule has 0 radical (unpaired) electrons. The fourth-order valence-electron chi connectivity index (χ4n) is 3.46. The van der Waals surface area contributed by atoms with Gasteiger partial charge in [0.2, 0.25) is 0 Å². The van der Waals surface area contributed by atoms with Crippen molar-refractivity contribution in [3.8, 4) is 37.0 Å². The average molecular weight is 463 g/mol. The van der Waals surface area contributed by atoms with Gasteiger partial charge in [0.25, 0.3) is 0 Å². The molecule has 3 rings (SSSR count). The largest absolute Gasteiger partial charge is 0.376 e. The summed E-state index contributed by atoms with van der Waals surface area (Å²) >= 11 is 0. The van der Waals surface area contributed by atoms with Crippen molar-refractivity contribution in [2.24, 2.45) is 5.41 Å². The molecule has 0 saturated heterocycles. The van der Waals surface area contributed by atoms with Crippen LogP contribution in [0, 0.1) is 42.4 Å². The molecule has 176 valence electrons. The summed E-state index contributed by atoms with van der Waals surface area (Å²) in [5.74, 6) is 7.88. The molecule has 35 heavy (non-hydrogen) atoms. The maximum atomic E-state index is 6.07. The molecule has 0 aliphatic carbocycles. The molecule has 0 unspecified atom stereocenters. The molecule has 0 saturated carbocycles. The Hall–Kier alpha value is -3.78. The van der Waals surface area contributed by atoms with Crippen molar-refractivity contribution in [1.29, 1.82) is 0 Å². The third kappa shape index (κ3) is 8.50. The minimum absolute atomic E-state index is 0.337. The summed E-state index contributed by atoms with van der Waals surface area (Å²) in [4.78, 5) is 0. The summed E-state index contributed by atoms with van der Waals surface area (Å²) in [6.07, 6.45) is 16.3. The lowest BCUT2D eigenvalue weighted by atomic mass is 9.94. The third-order valence-corrected chi connectivity index (χ3v) is 5.52. The molecule has 3 aromatic carbocycles. The highest BCUT2D eigenvalue weighted by atomic mass is 16.5. The quantitative estimate of drug-likeness (QED) is 0.329. The van der Waals surface area contributed by atoms with Crippen LogP contribution < -0.4 is 0 Å². The maximum absolute atomic E-state index is 6.07. The highest BCUT2D eigenvalue weighted by Crippen LogP contribution is 2.21. The number of hydrogen-bond acceptors (Lipinski definition) is 3. The predicted octanol–water partition coefficient (Wildman–Crippen LogP) is 5.59. The van der Waals surface area contributed by atoms with Crippen LogP contribution in [0.15, 0.2) is 72.8 Å². The summed E-state index contributed by atoms with van der Waals surface area (Å²) in [7, 11) is 0. The second-order valence-electron chi connectivity index (χ2n) is 8.81. The van der Waals surface area contributed by atoms with Gasteiger partial charge in [0.15, 0.2) is 0 Å². The number of benzene rings is 3. The molecule has 0 aromatic heterocycles. The van der Waals surface area contributed by atoms with Crippen LogP contribution in [0.1, 0.15) is 40.3 Å². The summed E-state index contributed by atoms with van der Waals surface area (Å²) in [6, 6.07) is 23.4. The van der Waals surface area contributed by atoms with Crippen molar-refractivity contribution in [1.82, 2.24) is 0 Å². The standard InChI is InChI=1S/C32H30O3/c1-5-26-8-14-29(15-9-26)20-33-23-32(4,24-34-21-30-16-10-27(6-2)11-17-30)25-35-22-31-18-12-28(7-3)13-19-31/h1-3,8-19H,20-25H2,4H3. The van der Waals surface area contributed by atoms with Crippen LogP contribution in [0.2, 0.25) is 0 Å². The van der Waals surface area contributed by atoms with E-state index in [1.807, 2.05) is 72.8 Å². The summed E-state index contributed by atoms with van der Waals surface area (Å²) in [5, 5.41) is 0. The van der Waals surface area contributed by atoms with Gasteiger partial charge in [0.05, 0.1) is 39.6 Å². The smallest absolute Gasteiger partial charge is 0.0717 e. The molecule has 3 aromatic rings.